The number of hydrogen-bond acceptors (Lipinski definition) is 4. The monoisotopic (exact) mass is 341 g/mol. The van der Waals surface area contributed by atoms with E-state index < -0.39 is 9.84 Å². The molecular formula is C16H23NO3S2. The van der Waals surface area contributed by atoms with E-state index >= 15 is 0 Å². The number of fused-ring (bicyclic) bond motifs is 1. The molecule has 22 heavy (non-hydrogen) atoms. The molecule has 0 N–H and O–H groups in total. The van der Waals surface area contributed by atoms with Crippen LogP contribution in [0.1, 0.15) is 46.8 Å². The highest BCUT2D eigenvalue weighted by molar-refractivity contribution is 7.91. The van der Waals surface area contributed by atoms with Crippen molar-refractivity contribution < 1.29 is 13.2 Å². The van der Waals surface area contributed by atoms with Gasteiger partial charge in [-0.3, -0.25) is 4.79 Å². The Hall–Kier alpha value is -0.880. The van der Waals surface area contributed by atoms with Crippen molar-refractivity contribution in [2.24, 2.45) is 5.92 Å². The van der Waals surface area contributed by atoms with Crippen LogP contribution in [-0.4, -0.2) is 43.3 Å². The summed E-state index contributed by atoms with van der Waals surface area (Å²) in [5.74, 6) is 1.03. The first-order chi connectivity index (χ1) is 10.4. The lowest BCUT2D eigenvalue weighted by Gasteiger charge is -2.26. The topological polar surface area (TPSA) is 54.5 Å². The molecular weight excluding hydrogens is 318 g/mol. The molecule has 0 radical (unpaired) electrons. The largest absolute Gasteiger partial charge is 0.334 e. The number of sulfone groups is 1. The minimum atomic E-state index is -2.97. The van der Waals surface area contributed by atoms with Gasteiger partial charge in [-0.15, -0.1) is 11.3 Å². The first-order valence-corrected chi connectivity index (χ1v) is 10.7. The molecule has 2 atom stereocenters. The van der Waals surface area contributed by atoms with Crippen LogP contribution >= 0.6 is 11.3 Å². The average Bonchev–Trinajstić information content (AvgIpc) is 3.02. The van der Waals surface area contributed by atoms with Gasteiger partial charge in [0.2, 0.25) is 0 Å². The third-order valence-electron chi connectivity index (χ3n) is 4.79. The van der Waals surface area contributed by atoms with Crippen molar-refractivity contribution in [1.29, 1.82) is 0 Å². The molecule has 1 aliphatic heterocycles. The summed E-state index contributed by atoms with van der Waals surface area (Å²) in [6.45, 7) is 4.75. The summed E-state index contributed by atoms with van der Waals surface area (Å²) in [5.41, 5.74) is 1.32. The van der Waals surface area contributed by atoms with Crippen LogP contribution in [0.5, 0.6) is 0 Å². The second kappa shape index (κ2) is 5.96. The van der Waals surface area contributed by atoms with E-state index in [4.69, 9.17) is 0 Å². The van der Waals surface area contributed by atoms with Gasteiger partial charge in [0.1, 0.15) is 0 Å². The van der Waals surface area contributed by atoms with E-state index in [2.05, 4.69) is 6.92 Å². The third-order valence-corrected chi connectivity index (χ3v) is 7.77. The Morgan fingerprint density at radius 3 is 2.82 bits per heavy atom. The van der Waals surface area contributed by atoms with Crippen LogP contribution in [0.3, 0.4) is 0 Å². The van der Waals surface area contributed by atoms with E-state index in [1.807, 2.05) is 13.0 Å². The van der Waals surface area contributed by atoms with E-state index in [0.717, 1.165) is 17.7 Å². The summed E-state index contributed by atoms with van der Waals surface area (Å²) in [6, 6.07) is 1.89. The smallest absolute Gasteiger partial charge is 0.264 e. The summed E-state index contributed by atoms with van der Waals surface area (Å²) in [4.78, 5) is 16.7. The Morgan fingerprint density at radius 2 is 2.18 bits per heavy atom. The molecule has 1 aromatic rings. The highest BCUT2D eigenvalue weighted by atomic mass is 32.2. The van der Waals surface area contributed by atoms with Gasteiger partial charge >= 0.3 is 0 Å². The number of hydrogen-bond donors (Lipinski definition) is 0. The molecule has 2 heterocycles. The van der Waals surface area contributed by atoms with Crippen LogP contribution in [-0.2, 0) is 22.7 Å². The fraction of sp³-hybridized carbons (Fsp3) is 0.688. The van der Waals surface area contributed by atoms with Gasteiger partial charge in [0.25, 0.3) is 5.91 Å². The summed E-state index contributed by atoms with van der Waals surface area (Å²) >= 11 is 1.61. The van der Waals surface area contributed by atoms with E-state index in [9.17, 15) is 13.2 Å². The maximum Gasteiger partial charge on any atom is 0.264 e. The molecule has 6 heteroatoms. The maximum atomic E-state index is 12.8. The van der Waals surface area contributed by atoms with Gasteiger partial charge in [0.05, 0.1) is 16.4 Å². The molecule has 1 aromatic heterocycles. The maximum absolute atomic E-state index is 12.8. The van der Waals surface area contributed by atoms with E-state index in [1.165, 1.54) is 16.9 Å². The van der Waals surface area contributed by atoms with Gasteiger partial charge in [-0.05, 0) is 50.2 Å². The first-order valence-electron chi connectivity index (χ1n) is 8.02. The van der Waals surface area contributed by atoms with Crippen LogP contribution in [0.25, 0.3) is 0 Å². The fourth-order valence-corrected chi connectivity index (χ4v) is 6.44. The SMILES string of the molecule is CCN(C(=O)c1cc2c(s1)CCC(C)C2)C1CCS(=O)(=O)C1. The fourth-order valence-electron chi connectivity index (χ4n) is 3.54. The van der Waals surface area contributed by atoms with Crippen molar-refractivity contribution >= 4 is 27.1 Å². The van der Waals surface area contributed by atoms with Gasteiger partial charge in [-0.1, -0.05) is 6.92 Å². The molecule has 122 valence electrons. The molecule has 2 unspecified atom stereocenters. The van der Waals surface area contributed by atoms with Crippen LogP contribution in [0.2, 0.25) is 0 Å². The van der Waals surface area contributed by atoms with E-state index in [-0.39, 0.29) is 23.5 Å². The Morgan fingerprint density at radius 1 is 1.41 bits per heavy atom. The van der Waals surface area contributed by atoms with Crippen molar-refractivity contribution in [3.63, 3.8) is 0 Å². The normalized spacial score (nSPS) is 26.6. The number of amides is 1. The third kappa shape index (κ3) is 3.08. The Kier molecular flexibility index (Phi) is 4.34. The second-order valence-electron chi connectivity index (χ2n) is 6.56. The highest BCUT2D eigenvalue weighted by Gasteiger charge is 2.35. The summed E-state index contributed by atoms with van der Waals surface area (Å²) in [7, 11) is -2.97. The van der Waals surface area contributed by atoms with Crippen LogP contribution in [0.4, 0.5) is 0 Å². The van der Waals surface area contributed by atoms with Crippen molar-refractivity contribution in [2.75, 3.05) is 18.1 Å². The zero-order valence-corrected chi connectivity index (χ0v) is 14.8. The molecule has 0 saturated carbocycles. The van der Waals surface area contributed by atoms with Crippen molar-refractivity contribution in [2.45, 2.75) is 45.6 Å². The lowest BCUT2D eigenvalue weighted by molar-refractivity contribution is 0.0713. The van der Waals surface area contributed by atoms with Crippen molar-refractivity contribution in [1.82, 2.24) is 4.90 Å². The summed E-state index contributed by atoms with van der Waals surface area (Å²) < 4.78 is 23.4. The molecule has 3 rings (SSSR count). The molecule has 2 aliphatic rings. The van der Waals surface area contributed by atoms with Crippen LogP contribution in [0, 0.1) is 5.92 Å². The molecule has 1 amide bonds. The summed E-state index contributed by atoms with van der Waals surface area (Å²) in [5, 5.41) is 0. The first kappa shape index (κ1) is 16.0. The zero-order chi connectivity index (χ0) is 15.9. The molecule has 4 nitrogen and oxygen atoms in total. The Labute approximate surface area is 136 Å². The molecule has 0 bridgehead atoms. The summed E-state index contributed by atoms with van der Waals surface area (Å²) in [6.07, 6.45) is 3.89. The van der Waals surface area contributed by atoms with Crippen molar-refractivity contribution in [3.05, 3.63) is 21.4 Å². The lowest BCUT2D eigenvalue weighted by atomic mass is 9.90. The van der Waals surface area contributed by atoms with Crippen LogP contribution < -0.4 is 0 Å². The number of carbonyl (C=O) groups excluding carboxylic acids is 1. The number of thiophene rings is 1. The number of rotatable bonds is 3. The quantitative estimate of drug-likeness (QED) is 0.849. The van der Waals surface area contributed by atoms with Gasteiger partial charge in [0.15, 0.2) is 9.84 Å². The van der Waals surface area contributed by atoms with E-state index in [1.54, 1.807) is 16.2 Å². The number of nitrogens with zero attached hydrogens (tertiary/aromatic N) is 1. The molecule has 0 spiro atoms. The predicted octanol–water partition coefficient (Wildman–Crippen LogP) is 2.52. The zero-order valence-electron chi connectivity index (χ0n) is 13.2. The van der Waals surface area contributed by atoms with E-state index in [0.29, 0.717) is 18.9 Å². The second-order valence-corrected chi connectivity index (χ2v) is 9.92. The van der Waals surface area contributed by atoms with Gasteiger partial charge < -0.3 is 4.90 Å². The van der Waals surface area contributed by atoms with Gasteiger partial charge in [-0.2, -0.15) is 0 Å². The highest BCUT2D eigenvalue weighted by Crippen LogP contribution is 2.33. The molecule has 1 aliphatic carbocycles. The number of aryl methyl sites for hydroxylation is 1. The molecule has 0 aromatic carbocycles. The minimum Gasteiger partial charge on any atom is -0.334 e. The average molecular weight is 341 g/mol. The predicted molar refractivity (Wildman–Crippen MR) is 89.3 cm³/mol. The van der Waals surface area contributed by atoms with Gasteiger partial charge in [0, 0.05) is 17.5 Å². The Bertz CT molecular complexity index is 678. The standard InChI is InChI=1S/C16H23NO3S2/c1-3-17(13-6-7-22(19,20)10-13)16(18)15-9-12-8-11(2)4-5-14(12)21-15/h9,11,13H,3-8,10H2,1-2H3. The Balaban J connectivity index is 1.80. The number of carbonyl (C=O) groups is 1. The van der Waals surface area contributed by atoms with Gasteiger partial charge in [-0.25, -0.2) is 8.42 Å². The molecule has 1 saturated heterocycles. The lowest BCUT2D eigenvalue weighted by Crippen LogP contribution is -2.40. The molecule has 1 fully saturated rings. The van der Waals surface area contributed by atoms with Crippen LogP contribution in [0.15, 0.2) is 6.07 Å². The van der Waals surface area contributed by atoms with Crippen molar-refractivity contribution in [3.8, 4) is 0 Å². The minimum absolute atomic E-state index is 0.0108.